The number of benzene rings is 7. The molecule has 4 bridgehead atoms. The zero-order valence-electron chi connectivity index (χ0n) is 33.9. The van der Waals surface area contributed by atoms with Crippen molar-refractivity contribution in [2.75, 3.05) is 4.90 Å². The van der Waals surface area contributed by atoms with E-state index in [0.717, 1.165) is 23.7 Å². The molecule has 0 heterocycles. The summed E-state index contributed by atoms with van der Waals surface area (Å²) in [6.07, 6.45) is 13.6. The monoisotopic (exact) mass is 761 g/mol. The molecule has 59 heavy (non-hydrogen) atoms. The molecule has 0 atom stereocenters. The molecule has 0 saturated heterocycles. The van der Waals surface area contributed by atoms with Gasteiger partial charge in [-0.2, -0.15) is 0 Å². The Morgan fingerprint density at radius 1 is 0.373 bits per heavy atom. The van der Waals surface area contributed by atoms with Crippen molar-refractivity contribution < 1.29 is 0 Å². The second-order valence-corrected chi connectivity index (χ2v) is 19.2. The molecule has 7 aliphatic carbocycles. The molecule has 0 aliphatic heterocycles. The van der Waals surface area contributed by atoms with E-state index in [-0.39, 0.29) is 10.8 Å². The summed E-state index contributed by atoms with van der Waals surface area (Å²) in [5, 5.41) is 0. The van der Waals surface area contributed by atoms with Crippen molar-refractivity contribution >= 4 is 17.1 Å². The quantitative estimate of drug-likeness (QED) is 0.169. The molecule has 288 valence electrons. The summed E-state index contributed by atoms with van der Waals surface area (Å²) in [5.41, 5.74) is 21.2. The number of hydrogen-bond donors (Lipinski definition) is 0. The molecule has 2 spiro atoms. The van der Waals surface area contributed by atoms with E-state index in [1.165, 1.54) is 126 Å². The topological polar surface area (TPSA) is 3.24 Å². The highest BCUT2D eigenvalue weighted by atomic mass is 15.1. The van der Waals surface area contributed by atoms with Gasteiger partial charge in [0.1, 0.15) is 0 Å². The van der Waals surface area contributed by atoms with Gasteiger partial charge in [0, 0.05) is 27.8 Å². The lowest BCUT2D eigenvalue weighted by Crippen LogP contribution is -2.55. The third-order valence-electron chi connectivity index (χ3n) is 16.4. The number of hydrogen-bond acceptors (Lipinski definition) is 1. The van der Waals surface area contributed by atoms with Gasteiger partial charge in [-0.3, -0.25) is 0 Å². The zero-order valence-corrected chi connectivity index (χ0v) is 33.9. The molecule has 0 amide bonds. The predicted octanol–water partition coefficient (Wildman–Crippen LogP) is 15.4. The van der Waals surface area contributed by atoms with Crippen LogP contribution in [0.15, 0.2) is 164 Å². The predicted molar refractivity (Wildman–Crippen MR) is 245 cm³/mol. The molecule has 7 aromatic rings. The highest BCUT2D eigenvalue weighted by molar-refractivity contribution is 5.93. The Bertz CT molecular complexity index is 2760. The Kier molecular flexibility index (Phi) is 7.49. The average molecular weight is 762 g/mol. The van der Waals surface area contributed by atoms with E-state index in [0.29, 0.717) is 0 Å². The minimum absolute atomic E-state index is 0.138. The number of rotatable bonds is 5. The summed E-state index contributed by atoms with van der Waals surface area (Å²) in [4.78, 5) is 2.49. The average Bonchev–Trinajstić information content (AvgIpc) is 3.73. The molecular formula is C58H51N. The first-order valence-electron chi connectivity index (χ1n) is 22.7. The maximum atomic E-state index is 2.57. The first-order valence-corrected chi connectivity index (χ1v) is 22.7. The van der Waals surface area contributed by atoms with Gasteiger partial charge in [0.2, 0.25) is 0 Å². The Labute approximate surface area is 349 Å². The molecular weight excluding hydrogens is 711 g/mol. The number of para-hydroxylation sites is 2. The van der Waals surface area contributed by atoms with Gasteiger partial charge in [0.25, 0.3) is 0 Å². The summed E-state index contributed by atoms with van der Waals surface area (Å²) >= 11 is 0. The number of fused-ring (bicyclic) bond motifs is 8. The lowest BCUT2D eigenvalue weighted by Gasteiger charge is -2.61. The standard InChI is InChI=1S/C58H51N/c1-3-15-45(16-4-1)59(46-17-13-14-40(35-46)41-24-26-50-48-19-5-8-21-52(48)57(55(50)37-41)28-11-2-12-29-57)56-23-10-7-18-47(56)42-25-27-54-51(36-42)49-20-6-9-22-53(49)58(54)43-31-38-30-39(33-43)34-44(58)32-38/h1,3-10,13-27,35-39,43-44H,2,11-12,28-34H2/t38-,39?,43-,44+,58+. The van der Waals surface area contributed by atoms with Crippen molar-refractivity contribution in [3.63, 3.8) is 0 Å². The van der Waals surface area contributed by atoms with Crippen LogP contribution in [0.2, 0.25) is 0 Å². The first kappa shape index (κ1) is 34.2. The second-order valence-electron chi connectivity index (χ2n) is 19.2. The summed E-state index contributed by atoms with van der Waals surface area (Å²) in [5.74, 6) is 3.44. The molecule has 5 fully saturated rings. The van der Waals surface area contributed by atoms with Crippen molar-refractivity contribution in [3.8, 4) is 44.5 Å². The van der Waals surface area contributed by atoms with Crippen LogP contribution in [0.3, 0.4) is 0 Å². The van der Waals surface area contributed by atoms with Crippen LogP contribution in [-0.4, -0.2) is 0 Å². The fraction of sp³-hybridized carbons (Fsp3) is 0.276. The van der Waals surface area contributed by atoms with Gasteiger partial charge >= 0.3 is 0 Å². The van der Waals surface area contributed by atoms with Crippen molar-refractivity contribution in [3.05, 3.63) is 186 Å². The molecule has 0 radical (unpaired) electrons. The number of anilines is 3. The summed E-state index contributed by atoms with van der Waals surface area (Å²) < 4.78 is 0. The molecule has 0 aromatic heterocycles. The van der Waals surface area contributed by atoms with Crippen LogP contribution in [0.4, 0.5) is 17.1 Å². The van der Waals surface area contributed by atoms with Gasteiger partial charge in [0.05, 0.1) is 5.69 Å². The number of nitrogens with zero attached hydrogens (tertiary/aromatic N) is 1. The second kappa shape index (κ2) is 12.9. The maximum absolute atomic E-state index is 2.57. The highest BCUT2D eigenvalue weighted by Crippen LogP contribution is 2.69. The molecule has 1 heteroatoms. The van der Waals surface area contributed by atoms with Crippen molar-refractivity contribution in [2.45, 2.75) is 75.0 Å². The fourth-order valence-electron chi connectivity index (χ4n) is 14.4. The van der Waals surface area contributed by atoms with Gasteiger partial charge in [0.15, 0.2) is 0 Å². The summed E-state index contributed by atoms with van der Waals surface area (Å²) in [6.45, 7) is 0. The Hall–Kier alpha value is -5.66. The SMILES string of the molecule is c1ccc(N(c2cccc(-c3ccc4c(c3)C3(CCCCC3)c3ccccc3-4)c2)c2ccccc2-c2ccc3c(c2)-c2ccccc2[C@]32[C@@H]3CC4C[C@@H](C3)C[C@@H]2C4)cc1. The van der Waals surface area contributed by atoms with E-state index in [9.17, 15) is 0 Å². The van der Waals surface area contributed by atoms with Crippen LogP contribution in [0.25, 0.3) is 44.5 Å². The van der Waals surface area contributed by atoms with Gasteiger partial charge in [-0.05, 0) is 172 Å². The van der Waals surface area contributed by atoms with Crippen LogP contribution >= 0.6 is 0 Å². The Balaban J connectivity index is 0.930. The first-order chi connectivity index (χ1) is 29.2. The molecule has 7 aliphatic rings. The van der Waals surface area contributed by atoms with E-state index in [4.69, 9.17) is 0 Å². The third kappa shape index (κ3) is 4.85. The maximum Gasteiger partial charge on any atom is 0.0540 e. The largest absolute Gasteiger partial charge is 0.310 e. The molecule has 14 rings (SSSR count). The summed E-state index contributed by atoms with van der Waals surface area (Å²) in [7, 11) is 0. The molecule has 5 saturated carbocycles. The van der Waals surface area contributed by atoms with Crippen molar-refractivity contribution in [1.29, 1.82) is 0 Å². The Morgan fingerprint density at radius 2 is 0.966 bits per heavy atom. The summed E-state index contributed by atoms with van der Waals surface area (Å²) in [6, 6.07) is 63.1. The van der Waals surface area contributed by atoms with Crippen LogP contribution in [-0.2, 0) is 10.8 Å². The van der Waals surface area contributed by atoms with Gasteiger partial charge in [-0.1, -0.05) is 141 Å². The van der Waals surface area contributed by atoms with Crippen molar-refractivity contribution in [2.24, 2.45) is 23.7 Å². The van der Waals surface area contributed by atoms with Gasteiger partial charge in [-0.15, -0.1) is 0 Å². The lowest BCUT2D eigenvalue weighted by molar-refractivity contribution is -0.0399. The van der Waals surface area contributed by atoms with Crippen LogP contribution in [0.1, 0.15) is 86.5 Å². The van der Waals surface area contributed by atoms with Gasteiger partial charge < -0.3 is 4.90 Å². The normalized spacial score (nSPS) is 24.8. The highest BCUT2D eigenvalue weighted by Gasteiger charge is 2.61. The third-order valence-corrected chi connectivity index (χ3v) is 16.4. The van der Waals surface area contributed by atoms with Crippen LogP contribution in [0, 0.1) is 23.7 Å². The molecule has 0 N–H and O–H groups in total. The van der Waals surface area contributed by atoms with Crippen LogP contribution in [0.5, 0.6) is 0 Å². The van der Waals surface area contributed by atoms with Gasteiger partial charge in [-0.25, -0.2) is 0 Å². The minimum atomic E-state index is 0.138. The minimum Gasteiger partial charge on any atom is -0.310 e. The van der Waals surface area contributed by atoms with E-state index in [1.807, 2.05) is 0 Å². The zero-order chi connectivity index (χ0) is 38.7. The van der Waals surface area contributed by atoms with Crippen LogP contribution < -0.4 is 4.90 Å². The Morgan fingerprint density at radius 3 is 1.75 bits per heavy atom. The van der Waals surface area contributed by atoms with Crippen molar-refractivity contribution in [1.82, 2.24) is 0 Å². The van der Waals surface area contributed by atoms with E-state index in [1.54, 1.807) is 22.3 Å². The molecule has 0 unspecified atom stereocenters. The van der Waals surface area contributed by atoms with E-state index < -0.39 is 0 Å². The molecule has 1 nitrogen and oxygen atoms in total. The van der Waals surface area contributed by atoms with E-state index >= 15 is 0 Å². The molecule has 7 aromatic carbocycles. The smallest absolute Gasteiger partial charge is 0.0540 e. The lowest BCUT2D eigenvalue weighted by atomic mass is 9.43. The fourth-order valence-corrected chi connectivity index (χ4v) is 14.4. The van der Waals surface area contributed by atoms with E-state index in [2.05, 4.69) is 169 Å².